The van der Waals surface area contributed by atoms with E-state index in [-0.39, 0.29) is 5.91 Å². The first-order valence-corrected chi connectivity index (χ1v) is 8.75. The summed E-state index contributed by atoms with van der Waals surface area (Å²) < 4.78 is 0. The third kappa shape index (κ3) is 5.24. The lowest BCUT2D eigenvalue weighted by Crippen LogP contribution is -2.26. The minimum absolute atomic E-state index is 0.172. The zero-order chi connectivity index (χ0) is 17.4. The van der Waals surface area contributed by atoms with Gasteiger partial charge in [0.1, 0.15) is 5.69 Å². The van der Waals surface area contributed by atoms with Gasteiger partial charge in [-0.2, -0.15) is 0 Å². The molecule has 2 aromatic rings. The molecule has 1 N–H and O–H groups in total. The van der Waals surface area contributed by atoms with Gasteiger partial charge in [0.05, 0.1) is 11.9 Å². The molecule has 0 saturated carbocycles. The molecule has 0 aliphatic heterocycles. The van der Waals surface area contributed by atoms with Crippen LogP contribution in [0, 0.1) is 0 Å². The van der Waals surface area contributed by atoms with Gasteiger partial charge >= 0.3 is 0 Å². The number of carbonyl (C=O) groups is 1. The molecule has 24 heavy (non-hydrogen) atoms. The van der Waals surface area contributed by atoms with Crippen molar-refractivity contribution in [2.45, 2.75) is 33.2 Å². The molecule has 0 unspecified atom stereocenters. The Balaban J connectivity index is 1.96. The van der Waals surface area contributed by atoms with Crippen molar-refractivity contribution in [3.63, 3.8) is 0 Å². The summed E-state index contributed by atoms with van der Waals surface area (Å²) in [6.45, 7) is 6.77. The van der Waals surface area contributed by atoms with Gasteiger partial charge in [-0.3, -0.25) is 4.79 Å². The fourth-order valence-corrected chi connectivity index (χ4v) is 2.62. The lowest BCUT2D eigenvalue weighted by molar-refractivity contribution is 0.0946. The zero-order valence-electron chi connectivity index (χ0n) is 14.3. The third-order valence-corrected chi connectivity index (χ3v) is 3.95. The van der Waals surface area contributed by atoms with Crippen molar-refractivity contribution in [2.75, 3.05) is 18.0 Å². The van der Waals surface area contributed by atoms with E-state index in [9.17, 15) is 4.79 Å². The number of hydrogen-bond acceptors (Lipinski definition) is 3. The van der Waals surface area contributed by atoms with E-state index < -0.39 is 0 Å². The van der Waals surface area contributed by atoms with Gasteiger partial charge in [-0.25, -0.2) is 4.98 Å². The van der Waals surface area contributed by atoms with Crippen LogP contribution in [0.25, 0.3) is 0 Å². The normalized spacial score (nSPS) is 10.5. The largest absolute Gasteiger partial charge is 0.370 e. The average molecular weight is 346 g/mol. The highest BCUT2D eigenvalue weighted by Crippen LogP contribution is 2.14. The van der Waals surface area contributed by atoms with Crippen molar-refractivity contribution in [3.05, 3.63) is 58.9 Å². The van der Waals surface area contributed by atoms with Crippen LogP contribution in [0.1, 0.15) is 42.7 Å². The number of carbonyl (C=O) groups excluding carboxylic acids is 1. The monoisotopic (exact) mass is 345 g/mol. The molecule has 0 fully saturated rings. The van der Waals surface area contributed by atoms with E-state index in [1.165, 1.54) is 0 Å². The van der Waals surface area contributed by atoms with E-state index in [1.54, 1.807) is 12.3 Å². The van der Waals surface area contributed by atoms with Crippen LogP contribution in [-0.2, 0) is 6.54 Å². The third-order valence-electron chi connectivity index (χ3n) is 3.70. The van der Waals surface area contributed by atoms with Gasteiger partial charge in [-0.15, -0.1) is 0 Å². The second kappa shape index (κ2) is 9.28. The molecule has 128 valence electrons. The minimum atomic E-state index is -0.172. The molecule has 1 heterocycles. The zero-order valence-corrected chi connectivity index (χ0v) is 15.0. The van der Waals surface area contributed by atoms with Crippen molar-refractivity contribution in [1.82, 2.24) is 10.3 Å². The smallest absolute Gasteiger partial charge is 0.270 e. The van der Waals surface area contributed by atoms with E-state index in [4.69, 9.17) is 11.6 Å². The molecule has 0 aliphatic rings. The second-order valence-corrected chi connectivity index (χ2v) is 6.13. The van der Waals surface area contributed by atoms with Gasteiger partial charge in [0.15, 0.2) is 0 Å². The van der Waals surface area contributed by atoms with Gasteiger partial charge in [-0.1, -0.05) is 37.6 Å². The highest BCUT2D eigenvalue weighted by atomic mass is 35.5. The van der Waals surface area contributed by atoms with E-state index in [1.807, 2.05) is 30.3 Å². The van der Waals surface area contributed by atoms with Crippen molar-refractivity contribution >= 4 is 23.2 Å². The number of anilines is 1. The lowest BCUT2D eigenvalue weighted by atomic mass is 10.2. The number of nitrogens with zero attached hydrogens (tertiary/aromatic N) is 2. The molecule has 5 heteroatoms. The Morgan fingerprint density at radius 3 is 2.29 bits per heavy atom. The van der Waals surface area contributed by atoms with Crippen molar-refractivity contribution in [3.8, 4) is 0 Å². The van der Waals surface area contributed by atoms with E-state index >= 15 is 0 Å². The van der Waals surface area contributed by atoms with Crippen LogP contribution < -0.4 is 10.2 Å². The second-order valence-electron chi connectivity index (χ2n) is 5.70. The van der Waals surface area contributed by atoms with Crippen LogP contribution in [0.5, 0.6) is 0 Å². The summed E-state index contributed by atoms with van der Waals surface area (Å²) in [5, 5.41) is 3.56. The molecule has 1 amide bonds. The summed E-state index contributed by atoms with van der Waals surface area (Å²) in [5.74, 6) is -0.172. The van der Waals surface area contributed by atoms with Crippen LogP contribution in [0.3, 0.4) is 0 Å². The molecular weight excluding hydrogens is 322 g/mol. The van der Waals surface area contributed by atoms with Gasteiger partial charge < -0.3 is 10.2 Å². The SMILES string of the molecule is CCCN(CCC)c1ccc(C(=O)NCc2ccc(Cl)cc2)nc1. The molecule has 0 bridgehead atoms. The fraction of sp³-hybridized carbons (Fsp3) is 0.368. The molecular formula is C19H24ClN3O. The van der Waals surface area contributed by atoms with E-state index in [0.29, 0.717) is 17.3 Å². The lowest BCUT2D eigenvalue weighted by Gasteiger charge is -2.23. The molecule has 0 saturated heterocycles. The number of rotatable bonds is 8. The minimum Gasteiger partial charge on any atom is -0.370 e. The number of halogens is 1. The number of benzene rings is 1. The maximum Gasteiger partial charge on any atom is 0.270 e. The maximum atomic E-state index is 12.2. The first-order chi connectivity index (χ1) is 11.6. The molecule has 0 radical (unpaired) electrons. The quantitative estimate of drug-likeness (QED) is 0.776. The highest BCUT2D eigenvalue weighted by Gasteiger charge is 2.09. The highest BCUT2D eigenvalue weighted by molar-refractivity contribution is 6.30. The number of hydrogen-bond donors (Lipinski definition) is 1. The Morgan fingerprint density at radius 1 is 1.08 bits per heavy atom. The molecule has 2 rings (SSSR count). The average Bonchev–Trinajstić information content (AvgIpc) is 2.61. The summed E-state index contributed by atoms with van der Waals surface area (Å²) in [4.78, 5) is 18.8. The maximum absolute atomic E-state index is 12.2. The van der Waals surface area contributed by atoms with Crippen LogP contribution in [0.4, 0.5) is 5.69 Å². The number of amides is 1. The van der Waals surface area contributed by atoms with Crippen LogP contribution in [0.15, 0.2) is 42.6 Å². The molecule has 0 aliphatic carbocycles. The Kier molecular flexibility index (Phi) is 7.07. The summed E-state index contributed by atoms with van der Waals surface area (Å²) in [5.41, 5.74) is 2.50. The topological polar surface area (TPSA) is 45.2 Å². The first kappa shape index (κ1) is 18.3. The predicted molar refractivity (Wildman–Crippen MR) is 99.7 cm³/mol. The Hall–Kier alpha value is -2.07. The Labute approximate surface area is 148 Å². The first-order valence-electron chi connectivity index (χ1n) is 8.37. The van der Waals surface area contributed by atoms with Crippen LogP contribution in [-0.4, -0.2) is 24.0 Å². The Bertz CT molecular complexity index is 635. The number of pyridine rings is 1. The standard InChI is InChI=1S/C19H24ClN3O/c1-3-11-23(12-4-2)17-9-10-18(21-14-17)19(24)22-13-15-5-7-16(20)8-6-15/h5-10,14H,3-4,11-13H2,1-2H3,(H,22,24). The predicted octanol–water partition coefficient (Wildman–Crippen LogP) is 4.29. The molecule has 0 atom stereocenters. The summed E-state index contributed by atoms with van der Waals surface area (Å²) in [6.07, 6.45) is 3.95. The Morgan fingerprint density at radius 2 is 1.75 bits per heavy atom. The van der Waals surface area contributed by atoms with Crippen molar-refractivity contribution in [2.24, 2.45) is 0 Å². The fourth-order valence-electron chi connectivity index (χ4n) is 2.49. The van der Waals surface area contributed by atoms with Crippen LogP contribution in [0.2, 0.25) is 5.02 Å². The number of nitrogens with one attached hydrogen (secondary N) is 1. The number of aromatic nitrogens is 1. The molecule has 4 nitrogen and oxygen atoms in total. The van der Waals surface area contributed by atoms with Crippen molar-refractivity contribution in [1.29, 1.82) is 0 Å². The summed E-state index contributed by atoms with van der Waals surface area (Å²) in [6, 6.07) is 11.2. The van der Waals surface area contributed by atoms with Gasteiger partial charge in [-0.05, 0) is 42.7 Å². The van der Waals surface area contributed by atoms with Crippen molar-refractivity contribution < 1.29 is 4.79 Å². The van der Waals surface area contributed by atoms with Gasteiger partial charge in [0, 0.05) is 24.7 Å². The van der Waals surface area contributed by atoms with E-state index in [0.717, 1.165) is 37.2 Å². The van der Waals surface area contributed by atoms with Gasteiger partial charge in [0.25, 0.3) is 5.91 Å². The van der Waals surface area contributed by atoms with E-state index in [2.05, 4.69) is 29.0 Å². The summed E-state index contributed by atoms with van der Waals surface area (Å²) >= 11 is 5.85. The van der Waals surface area contributed by atoms with Crippen LogP contribution >= 0.6 is 11.6 Å². The molecule has 0 spiro atoms. The molecule has 1 aromatic heterocycles. The summed E-state index contributed by atoms with van der Waals surface area (Å²) in [7, 11) is 0. The molecule has 1 aromatic carbocycles. The van der Waals surface area contributed by atoms with Gasteiger partial charge in [0.2, 0.25) is 0 Å².